The first kappa shape index (κ1) is 11.4. The van der Waals surface area contributed by atoms with Gasteiger partial charge in [0.05, 0.1) is 6.26 Å². The number of halogens is 1. The molecule has 0 atom stereocenters. The van der Waals surface area contributed by atoms with Crippen LogP contribution in [-0.2, 0) is 6.61 Å². The summed E-state index contributed by atoms with van der Waals surface area (Å²) in [7, 11) is 0. The molecule has 0 aliphatic heterocycles. The fourth-order valence-corrected chi connectivity index (χ4v) is 1.38. The Balaban J connectivity index is 2.09. The van der Waals surface area contributed by atoms with E-state index in [-0.39, 0.29) is 18.1 Å². The number of benzene rings is 1. The van der Waals surface area contributed by atoms with Crippen LogP contribution in [0.15, 0.2) is 41.0 Å². The van der Waals surface area contributed by atoms with Gasteiger partial charge >= 0.3 is 0 Å². The van der Waals surface area contributed by atoms with E-state index < -0.39 is 5.82 Å². The Kier molecular flexibility index (Phi) is 3.23. The average Bonchev–Trinajstić information content (AvgIpc) is 2.80. The van der Waals surface area contributed by atoms with Crippen molar-refractivity contribution < 1.29 is 18.3 Å². The number of ketones is 1. The molecular formula is C13H11FO3. The Morgan fingerprint density at radius 3 is 2.82 bits per heavy atom. The van der Waals surface area contributed by atoms with Crippen LogP contribution >= 0.6 is 0 Å². The summed E-state index contributed by atoms with van der Waals surface area (Å²) in [5.41, 5.74) is 0.327. The molecule has 0 saturated carbocycles. The zero-order valence-electron chi connectivity index (χ0n) is 9.27. The van der Waals surface area contributed by atoms with Crippen LogP contribution in [0.3, 0.4) is 0 Å². The molecule has 0 aliphatic carbocycles. The first-order valence-electron chi connectivity index (χ1n) is 5.12. The van der Waals surface area contributed by atoms with Gasteiger partial charge in [0, 0.05) is 5.56 Å². The molecular weight excluding hydrogens is 223 g/mol. The summed E-state index contributed by atoms with van der Waals surface area (Å²) in [5, 5.41) is 0. The van der Waals surface area contributed by atoms with Crippen molar-refractivity contribution in [2.24, 2.45) is 0 Å². The number of carbonyl (C=O) groups excluding carboxylic acids is 1. The lowest BCUT2D eigenvalue weighted by molar-refractivity contribution is 0.101. The van der Waals surface area contributed by atoms with Gasteiger partial charge in [-0.2, -0.15) is 0 Å². The molecule has 1 aromatic heterocycles. The van der Waals surface area contributed by atoms with Gasteiger partial charge in [-0.15, -0.1) is 0 Å². The molecule has 0 amide bonds. The number of furan rings is 1. The molecule has 17 heavy (non-hydrogen) atoms. The third-order valence-electron chi connectivity index (χ3n) is 2.29. The largest absolute Gasteiger partial charge is 0.483 e. The monoisotopic (exact) mass is 234 g/mol. The summed E-state index contributed by atoms with van der Waals surface area (Å²) in [5.74, 6) is -0.0165. The Bertz CT molecular complexity index is 517. The van der Waals surface area contributed by atoms with E-state index >= 15 is 0 Å². The quantitative estimate of drug-likeness (QED) is 0.762. The molecule has 2 aromatic rings. The van der Waals surface area contributed by atoms with Gasteiger partial charge in [-0.1, -0.05) is 0 Å². The second kappa shape index (κ2) is 4.82. The van der Waals surface area contributed by atoms with Crippen molar-refractivity contribution in [1.82, 2.24) is 0 Å². The highest BCUT2D eigenvalue weighted by Gasteiger charge is 2.08. The summed E-state index contributed by atoms with van der Waals surface area (Å²) in [6.07, 6.45) is 1.52. The molecule has 0 fully saturated rings. The Labute approximate surface area is 97.8 Å². The molecule has 1 aromatic carbocycles. The molecule has 0 bridgehead atoms. The Morgan fingerprint density at radius 1 is 1.41 bits per heavy atom. The first-order chi connectivity index (χ1) is 8.16. The van der Waals surface area contributed by atoms with Crippen molar-refractivity contribution in [2.75, 3.05) is 0 Å². The van der Waals surface area contributed by atoms with Crippen molar-refractivity contribution in [1.29, 1.82) is 0 Å². The lowest BCUT2D eigenvalue weighted by Gasteiger charge is -2.06. The SMILES string of the molecule is CC(=O)c1ccc(OCc2ccco2)c(F)c1. The lowest BCUT2D eigenvalue weighted by atomic mass is 10.1. The minimum absolute atomic E-state index is 0.103. The van der Waals surface area contributed by atoms with Crippen molar-refractivity contribution >= 4 is 5.78 Å². The molecule has 0 spiro atoms. The Hall–Kier alpha value is -2.10. The van der Waals surface area contributed by atoms with E-state index in [4.69, 9.17) is 9.15 Å². The second-order valence-corrected chi connectivity index (χ2v) is 3.57. The normalized spacial score (nSPS) is 10.2. The van der Waals surface area contributed by atoms with E-state index in [1.165, 1.54) is 31.4 Å². The van der Waals surface area contributed by atoms with Crippen LogP contribution in [-0.4, -0.2) is 5.78 Å². The third kappa shape index (κ3) is 2.72. The van der Waals surface area contributed by atoms with Crippen LogP contribution in [0.1, 0.15) is 23.0 Å². The predicted molar refractivity (Wildman–Crippen MR) is 59.4 cm³/mol. The molecule has 3 nitrogen and oxygen atoms in total. The molecule has 0 aliphatic rings. The maximum absolute atomic E-state index is 13.5. The topological polar surface area (TPSA) is 39.4 Å². The van der Waals surface area contributed by atoms with E-state index in [0.29, 0.717) is 11.3 Å². The summed E-state index contributed by atoms with van der Waals surface area (Å²) in [6, 6.07) is 7.60. The molecule has 0 N–H and O–H groups in total. The molecule has 0 radical (unpaired) electrons. The predicted octanol–water partition coefficient (Wildman–Crippen LogP) is 3.20. The first-order valence-corrected chi connectivity index (χ1v) is 5.12. The van der Waals surface area contributed by atoms with Gasteiger partial charge in [-0.05, 0) is 37.3 Å². The van der Waals surface area contributed by atoms with Crippen molar-refractivity contribution in [3.63, 3.8) is 0 Å². The van der Waals surface area contributed by atoms with Crippen molar-refractivity contribution in [2.45, 2.75) is 13.5 Å². The zero-order valence-corrected chi connectivity index (χ0v) is 9.27. The molecule has 4 heteroatoms. The minimum Gasteiger partial charge on any atom is -0.483 e. The van der Waals surface area contributed by atoms with Crippen molar-refractivity contribution in [3.05, 3.63) is 53.7 Å². The van der Waals surface area contributed by atoms with Crippen LogP contribution in [0.2, 0.25) is 0 Å². The van der Waals surface area contributed by atoms with Crippen LogP contribution in [0, 0.1) is 5.82 Å². The maximum Gasteiger partial charge on any atom is 0.165 e. The number of carbonyl (C=O) groups is 1. The fraction of sp³-hybridized carbons (Fsp3) is 0.154. The van der Waals surface area contributed by atoms with Crippen LogP contribution in [0.5, 0.6) is 5.75 Å². The van der Waals surface area contributed by atoms with Crippen LogP contribution in [0.25, 0.3) is 0 Å². The number of rotatable bonds is 4. The van der Waals surface area contributed by atoms with Crippen LogP contribution in [0.4, 0.5) is 4.39 Å². The fourth-order valence-electron chi connectivity index (χ4n) is 1.38. The summed E-state index contributed by atoms with van der Waals surface area (Å²) in [4.78, 5) is 11.0. The van der Waals surface area contributed by atoms with Gasteiger partial charge in [0.15, 0.2) is 17.3 Å². The van der Waals surface area contributed by atoms with E-state index in [9.17, 15) is 9.18 Å². The number of hydrogen-bond donors (Lipinski definition) is 0. The van der Waals surface area contributed by atoms with Gasteiger partial charge < -0.3 is 9.15 Å². The van der Waals surface area contributed by atoms with E-state index in [2.05, 4.69) is 0 Å². The van der Waals surface area contributed by atoms with E-state index in [0.717, 1.165) is 0 Å². The summed E-state index contributed by atoms with van der Waals surface area (Å²) >= 11 is 0. The highest BCUT2D eigenvalue weighted by molar-refractivity contribution is 5.94. The smallest absolute Gasteiger partial charge is 0.165 e. The van der Waals surface area contributed by atoms with Gasteiger partial charge in [0.2, 0.25) is 0 Å². The van der Waals surface area contributed by atoms with Crippen LogP contribution < -0.4 is 4.74 Å². The number of Topliss-reactive ketones (excluding diaryl/α,β-unsaturated/α-hetero) is 1. The Morgan fingerprint density at radius 2 is 2.24 bits per heavy atom. The molecule has 0 saturated heterocycles. The van der Waals surface area contributed by atoms with E-state index in [1.54, 1.807) is 12.1 Å². The van der Waals surface area contributed by atoms with E-state index in [1.807, 2.05) is 0 Å². The third-order valence-corrected chi connectivity index (χ3v) is 2.29. The summed E-state index contributed by atoms with van der Waals surface area (Å²) < 4.78 is 23.8. The van der Waals surface area contributed by atoms with Gasteiger partial charge in [0.1, 0.15) is 12.4 Å². The van der Waals surface area contributed by atoms with Gasteiger partial charge in [-0.3, -0.25) is 4.79 Å². The zero-order chi connectivity index (χ0) is 12.3. The standard InChI is InChI=1S/C13H11FO3/c1-9(15)10-4-5-13(12(14)7-10)17-8-11-3-2-6-16-11/h2-7H,8H2,1H3. The second-order valence-electron chi connectivity index (χ2n) is 3.57. The highest BCUT2D eigenvalue weighted by atomic mass is 19.1. The van der Waals surface area contributed by atoms with Gasteiger partial charge in [0.25, 0.3) is 0 Å². The lowest BCUT2D eigenvalue weighted by Crippen LogP contribution is -1.98. The minimum atomic E-state index is -0.552. The number of hydrogen-bond acceptors (Lipinski definition) is 3. The average molecular weight is 234 g/mol. The summed E-state index contributed by atoms with van der Waals surface area (Å²) in [6.45, 7) is 1.54. The number of ether oxygens (including phenoxy) is 1. The van der Waals surface area contributed by atoms with Crippen molar-refractivity contribution in [3.8, 4) is 5.75 Å². The highest BCUT2D eigenvalue weighted by Crippen LogP contribution is 2.20. The molecule has 88 valence electrons. The molecule has 1 heterocycles. The molecule has 0 unspecified atom stereocenters. The maximum atomic E-state index is 13.5. The molecule has 2 rings (SSSR count). The van der Waals surface area contributed by atoms with Gasteiger partial charge in [-0.25, -0.2) is 4.39 Å².